The van der Waals surface area contributed by atoms with Crippen LogP contribution in [0.5, 0.6) is 0 Å². The highest BCUT2D eigenvalue weighted by molar-refractivity contribution is 7.99. The summed E-state index contributed by atoms with van der Waals surface area (Å²) >= 11 is 3.67. The van der Waals surface area contributed by atoms with E-state index >= 15 is 0 Å². The lowest BCUT2D eigenvalue weighted by atomic mass is 9.66. The summed E-state index contributed by atoms with van der Waals surface area (Å²) in [6.45, 7) is 0. The summed E-state index contributed by atoms with van der Waals surface area (Å²) in [6.07, 6.45) is 1.91. The van der Waals surface area contributed by atoms with Crippen molar-refractivity contribution in [3.05, 3.63) is 372 Å². The molecule has 10 heteroatoms. The number of benzene rings is 12. The molecule has 16 aromatic rings. The molecule has 0 radical (unpaired) electrons. The Labute approximate surface area is 586 Å². The van der Waals surface area contributed by atoms with Crippen molar-refractivity contribution in [2.75, 3.05) is 0 Å². The quantitative estimate of drug-likeness (QED) is 0.139. The number of pyridine rings is 2. The van der Waals surface area contributed by atoms with Crippen molar-refractivity contribution in [3.8, 4) is 124 Å². The van der Waals surface area contributed by atoms with Crippen LogP contribution >= 0.6 is 23.5 Å². The third kappa shape index (κ3) is 9.11. The Hall–Kier alpha value is -12.3. The van der Waals surface area contributed by atoms with Crippen molar-refractivity contribution in [2.24, 2.45) is 0 Å². The van der Waals surface area contributed by atoms with Crippen LogP contribution in [0.15, 0.2) is 347 Å². The summed E-state index contributed by atoms with van der Waals surface area (Å²) in [6, 6.07) is 115. The van der Waals surface area contributed by atoms with E-state index in [1.807, 2.05) is 115 Å². The van der Waals surface area contributed by atoms with E-state index in [0.29, 0.717) is 40.6 Å². The molecule has 100 heavy (non-hydrogen) atoms. The summed E-state index contributed by atoms with van der Waals surface area (Å²) in [5.41, 5.74) is 24.7. The maximum atomic E-state index is 5.39. The second-order valence-electron chi connectivity index (χ2n) is 25.6. The van der Waals surface area contributed by atoms with Crippen molar-refractivity contribution in [3.63, 3.8) is 0 Å². The van der Waals surface area contributed by atoms with Gasteiger partial charge in [-0.05, 0) is 151 Å². The highest BCUT2D eigenvalue weighted by atomic mass is 32.2. The molecule has 0 fully saturated rings. The zero-order chi connectivity index (χ0) is 65.9. The molecule has 1 unspecified atom stereocenters. The molecule has 0 saturated carbocycles. The molecular weight excluding hydrogens is 1260 g/mol. The van der Waals surface area contributed by atoms with E-state index in [-0.39, 0.29) is 0 Å². The summed E-state index contributed by atoms with van der Waals surface area (Å²) < 4.78 is 0. The van der Waals surface area contributed by atoms with Crippen LogP contribution in [0.3, 0.4) is 0 Å². The zero-order valence-electron chi connectivity index (χ0n) is 53.6. The van der Waals surface area contributed by atoms with Gasteiger partial charge in [0.25, 0.3) is 0 Å². The lowest BCUT2D eigenvalue weighted by Crippen LogP contribution is -2.32. The molecule has 0 N–H and O–H groups in total. The second-order valence-corrected chi connectivity index (χ2v) is 27.8. The fourth-order valence-electron chi connectivity index (χ4n) is 15.8. The Morgan fingerprint density at radius 1 is 0.190 bits per heavy atom. The second kappa shape index (κ2) is 23.2. The molecule has 8 nitrogen and oxygen atoms in total. The standard InChI is InChI=1S/C90H54N8S2/c1-4-22-55(23-5-1)83-94-86(96-87(95-83)63-43-47-76(91-54-63)60-44-48-81-74(52-60)89(71-36-16-18-40-79(71)99-81)68-33-13-10-30-64(68)65-31-11-14-34-69(65)89)62-29-20-28-58(50-62)59-42-46-67-66-32-12-15-35-70(66)90(73(67)51-59)72-37-17-19-41-80(72)100-82-49-45-61(53-75(82)90)77-38-21-39-78(92-77)88-97-84(56-24-6-2-7-25-56)93-85(98-88)57-26-8-3-9-27-57/h1-54H. The third-order valence-electron chi connectivity index (χ3n) is 20.2. The molecule has 4 aromatic heterocycles. The van der Waals surface area contributed by atoms with Crippen LogP contribution in [0, 0.1) is 0 Å². The number of rotatable bonds is 9. The maximum absolute atomic E-state index is 5.39. The first-order chi connectivity index (χ1) is 49.5. The smallest absolute Gasteiger partial charge is 0.182 e. The van der Waals surface area contributed by atoms with Gasteiger partial charge in [-0.25, -0.2) is 34.9 Å². The van der Waals surface area contributed by atoms with Gasteiger partial charge in [0.15, 0.2) is 34.9 Å². The zero-order valence-corrected chi connectivity index (χ0v) is 55.2. The van der Waals surface area contributed by atoms with Crippen LogP contribution < -0.4 is 0 Å². The molecule has 0 amide bonds. The highest BCUT2D eigenvalue weighted by Gasteiger charge is 2.52. The molecule has 0 bridgehead atoms. The van der Waals surface area contributed by atoms with Crippen molar-refractivity contribution >= 4 is 23.5 Å². The lowest BCUT2D eigenvalue weighted by molar-refractivity contribution is 0.722. The van der Waals surface area contributed by atoms with Gasteiger partial charge in [-0.15, -0.1) is 0 Å². The summed E-state index contributed by atoms with van der Waals surface area (Å²) in [7, 11) is 0. The molecule has 12 aromatic carbocycles. The van der Waals surface area contributed by atoms with Crippen LogP contribution in [0.2, 0.25) is 0 Å². The van der Waals surface area contributed by atoms with Crippen molar-refractivity contribution in [1.82, 2.24) is 39.9 Å². The Morgan fingerprint density at radius 2 is 0.550 bits per heavy atom. The molecule has 0 saturated heterocycles. The lowest BCUT2D eigenvalue weighted by Gasteiger charge is -2.40. The monoisotopic (exact) mass is 1310 g/mol. The number of nitrogens with zero attached hydrogens (tertiary/aromatic N) is 8. The Morgan fingerprint density at radius 3 is 1.08 bits per heavy atom. The van der Waals surface area contributed by atoms with E-state index in [1.54, 1.807) is 0 Å². The first kappa shape index (κ1) is 57.9. The number of hydrogen-bond donors (Lipinski definition) is 0. The van der Waals surface area contributed by atoms with Crippen LogP contribution in [0.1, 0.15) is 44.5 Å². The van der Waals surface area contributed by atoms with Gasteiger partial charge >= 0.3 is 0 Å². The summed E-state index contributed by atoms with van der Waals surface area (Å²) in [5, 5.41) is 0. The van der Waals surface area contributed by atoms with Gasteiger partial charge in [0.1, 0.15) is 5.69 Å². The highest BCUT2D eigenvalue weighted by Crippen LogP contribution is 2.65. The minimum absolute atomic E-state index is 0.491. The molecule has 4 aliphatic rings. The van der Waals surface area contributed by atoms with E-state index in [1.165, 1.54) is 86.3 Å². The van der Waals surface area contributed by atoms with E-state index < -0.39 is 10.8 Å². The maximum Gasteiger partial charge on any atom is 0.182 e. The van der Waals surface area contributed by atoms with Crippen LogP contribution in [0.4, 0.5) is 0 Å². The van der Waals surface area contributed by atoms with Gasteiger partial charge in [0, 0.05) is 64.7 Å². The fourth-order valence-corrected chi connectivity index (χ4v) is 18.1. The van der Waals surface area contributed by atoms with Crippen molar-refractivity contribution < 1.29 is 0 Å². The fraction of sp³-hybridized carbons (Fsp3) is 0.0222. The number of hydrogen-bond acceptors (Lipinski definition) is 10. The predicted molar refractivity (Wildman–Crippen MR) is 401 cm³/mol. The molecule has 2 aliphatic carbocycles. The van der Waals surface area contributed by atoms with Gasteiger partial charge < -0.3 is 0 Å². The van der Waals surface area contributed by atoms with Gasteiger partial charge in [0.05, 0.1) is 22.2 Å². The van der Waals surface area contributed by atoms with E-state index in [2.05, 4.69) is 237 Å². The minimum atomic E-state index is -0.688. The third-order valence-corrected chi connectivity index (χ3v) is 22.5. The SMILES string of the molecule is c1ccc(-c2nc(-c3ccc(-c4ccc5c(c4)C4(c6ccccc6S5)c5ccccc5-c5ccccc54)nc3)nc(-c3cccc(-c4ccc5c(c4)C4(c6ccccc6Sc6ccc(-c7cccc(-c8nc(-c9ccccc9)nc(-c9ccccc9)n8)n7)cc64)c4ccccc4-5)c3)n2)cc1. The van der Waals surface area contributed by atoms with E-state index in [0.717, 1.165) is 61.5 Å². The van der Waals surface area contributed by atoms with Crippen LogP contribution in [-0.4, -0.2) is 39.9 Å². The van der Waals surface area contributed by atoms with Crippen molar-refractivity contribution in [2.45, 2.75) is 30.4 Å². The van der Waals surface area contributed by atoms with Gasteiger partial charge in [-0.2, -0.15) is 0 Å². The Bertz CT molecular complexity index is 5900. The molecule has 20 rings (SSSR count). The molecule has 2 spiro atoms. The van der Waals surface area contributed by atoms with Crippen molar-refractivity contribution in [1.29, 1.82) is 0 Å². The normalized spacial score (nSPS) is 14.4. The summed E-state index contributed by atoms with van der Waals surface area (Å²) in [4.78, 5) is 46.4. The number of aromatic nitrogens is 8. The predicted octanol–water partition coefficient (Wildman–Crippen LogP) is 21.5. The average molecular weight is 1310 g/mol. The van der Waals surface area contributed by atoms with Gasteiger partial charge in [-0.3, -0.25) is 4.98 Å². The van der Waals surface area contributed by atoms with Crippen LogP contribution in [-0.2, 0) is 10.8 Å². The summed E-state index contributed by atoms with van der Waals surface area (Å²) in [5.74, 6) is 3.36. The van der Waals surface area contributed by atoms with E-state index in [4.69, 9.17) is 39.9 Å². The molecule has 2 aliphatic heterocycles. The molecule has 466 valence electrons. The first-order valence-electron chi connectivity index (χ1n) is 33.5. The number of fused-ring (bicyclic) bond motifs is 18. The average Bonchev–Trinajstić information content (AvgIpc) is 1.49. The molecule has 1 atom stereocenters. The van der Waals surface area contributed by atoms with Crippen LogP contribution in [0.25, 0.3) is 124 Å². The Balaban J connectivity index is 0.677. The van der Waals surface area contributed by atoms with Gasteiger partial charge in [-0.1, -0.05) is 272 Å². The first-order valence-corrected chi connectivity index (χ1v) is 35.2. The molecule has 6 heterocycles. The van der Waals surface area contributed by atoms with Gasteiger partial charge in [0.2, 0.25) is 0 Å². The molecular formula is C90H54N8S2. The van der Waals surface area contributed by atoms with E-state index in [9.17, 15) is 0 Å². The topological polar surface area (TPSA) is 103 Å². The Kier molecular flexibility index (Phi) is 13.4. The minimum Gasteiger partial charge on any atom is -0.255 e. The largest absolute Gasteiger partial charge is 0.255 e.